The summed E-state index contributed by atoms with van der Waals surface area (Å²) in [6, 6.07) is 5.41. The van der Waals surface area contributed by atoms with Gasteiger partial charge in [0.1, 0.15) is 5.82 Å². The van der Waals surface area contributed by atoms with E-state index in [9.17, 15) is 0 Å². The Morgan fingerprint density at radius 3 is 2.88 bits per heavy atom. The molecule has 88 valence electrons. The fourth-order valence-electron chi connectivity index (χ4n) is 1.83. The van der Waals surface area contributed by atoms with Crippen molar-refractivity contribution in [3.05, 3.63) is 23.9 Å². The molecule has 1 heterocycles. The average molecular weight is 219 g/mol. The van der Waals surface area contributed by atoms with Crippen molar-refractivity contribution in [1.29, 1.82) is 0 Å². The summed E-state index contributed by atoms with van der Waals surface area (Å²) >= 11 is 0. The maximum absolute atomic E-state index is 4.50. The van der Waals surface area contributed by atoms with Crippen LogP contribution in [0, 0.1) is 0 Å². The monoisotopic (exact) mass is 219 g/mol. The highest BCUT2D eigenvalue weighted by Gasteiger charge is 2.28. The Balaban J connectivity index is 2.09. The van der Waals surface area contributed by atoms with Gasteiger partial charge in [0.25, 0.3) is 0 Å². The third kappa shape index (κ3) is 2.73. The standard InChI is InChI=1S/C13H21N3/c1-10(2)15-9-11-5-4-8-14-13(11)16(3)12-6-7-12/h4-5,8,10,12,15H,6-7,9H2,1-3H3. The number of aromatic nitrogens is 1. The highest BCUT2D eigenvalue weighted by atomic mass is 15.2. The van der Waals surface area contributed by atoms with Crippen LogP contribution in [0.1, 0.15) is 32.3 Å². The van der Waals surface area contributed by atoms with Gasteiger partial charge in [-0.15, -0.1) is 0 Å². The molecule has 0 bridgehead atoms. The zero-order valence-corrected chi connectivity index (χ0v) is 10.4. The highest BCUT2D eigenvalue weighted by molar-refractivity contribution is 5.47. The van der Waals surface area contributed by atoms with Crippen LogP contribution in [0.2, 0.25) is 0 Å². The summed E-state index contributed by atoms with van der Waals surface area (Å²) in [4.78, 5) is 6.82. The van der Waals surface area contributed by atoms with E-state index in [1.807, 2.05) is 12.3 Å². The molecular weight excluding hydrogens is 198 g/mol. The second kappa shape index (κ2) is 4.83. The Bertz CT molecular complexity index is 345. The van der Waals surface area contributed by atoms with Crippen LogP contribution in [0.3, 0.4) is 0 Å². The zero-order chi connectivity index (χ0) is 11.5. The van der Waals surface area contributed by atoms with Crippen molar-refractivity contribution in [1.82, 2.24) is 10.3 Å². The van der Waals surface area contributed by atoms with Crippen LogP contribution >= 0.6 is 0 Å². The topological polar surface area (TPSA) is 28.2 Å². The summed E-state index contributed by atoms with van der Waals surface area (Å²) in [7, 11) is 2.15. The van der Waals surface area contributed by atoms with Gasteiger partial charge in [0.15, 0.2) is 0 Å². The second-order valence-electron chi connectivity index (χ2n) is 4.86. The Morgan fingerprint density at radius 2 is 2.25 bits per heavy atom. The van der Waals surface area contributed by atoms with E-state index in [0.717, 1.165) is 12.4 Å². The van der Waals surface area contributed by atoms with Crippen LogP contribution in [-0.4, -0.2) is 24.1 Å². The summed E-state index contributed by atoms with van der Waals surface area (Å²) in [5.41, 5.74) is 1.30. The van der Waals surface area contributed by atoms with Crippen molar-refractivity contribution in [2.24, 2.45) is 0 Å². The van der Waals surface area contributed by atoms with Gasteiger partial charge in [-0.25, -0.2) is 4.98 Å². The fraction of sp³-hybridized carbons (Fsp3) is 0.615. The number of hydrogen-bond donors (Lipinski definition) is 1. The third-order valence-corrected chi connectivity index (χ3v) is 3.00. The highest BCUT2D eigenvalue weighted by Crippen LogP contribution is 2.30. The minimum absolute atomic E-state index is 0.513. The predicted molar refractivity (Wildman–Crippen MR) is 67.6 cm³/mol. The number of anilines is 1. The van der Waals surface area contributed by atoms with Crippen LogP contribution in [0.4, 0.5) is 5.82 Å². The minimum Gasteiger partial charge on any atom is -0.356 e. The molecule has 1 fully saturated rings. The first-order valence-corrected chi connectivity index (χ1v) is 6.08. The molecule has 0 aromatic carbocycles. The SMILES string of the molecule is CC(C)NCc1cccnc1N(C)C1CC1. The van der Waals surface area contributed by atoms with Crippen LogP contribution in [0.5, 0.6) is 0 Å². The Morgan fingerprint density at radius 1 is 1.50 bits per heavy atom. The van der Waals surface area contributed by atoms with Crippen LogP contribution < -0.4 is 10.2 Å². The lowest BCUT2D eigenvalue weighted by molar-refractivity contribution is 0.587. The number of nitrogens with one attached hydrogen (secondary N) is 1. The molecular formula is C13H21N3. The maximum atomic E-state index is 4.50. The van der Waals surface area contributed by atoms with E-state index in [2.05, 4.69) is 42.2 Å². The molecule has 2 rings (SSSR count). The van der Waals surface area contributed by atoms with E-state index >= 15 is 0 Å². The van der Waals surface area contributed by atoms with E-state index in [-0.39, 0.29) is 0 Å². The second-order valence-corrected chi connectivity index (χ2v) is 4.86. The van der Waals surface area contributed by atoms with E-state index in [1.165, 1.54) is 18.4 Å². The summed E-state index contributed by atoms with van der Waals surface area (Å²) in [5.74, 6) is 1.14. The summed E-state index contributed by atoms with van der Waals surface area (Å²) in [6.07, 6.45) is 4.50. The smallest absolute Gasteiger partial charge is 0.132 e. The molecule has 3 heteroatoms. The van der Waals surface area contributed by atoms with Gasteiger partial charge in [-0.05, 0) is 18.9 Å². The molecule has 0 radical (unpaired) electrons. The molecule has 0 saturated heterocycles. The van der Waals surface area contributed by atoms with Gasteiger partial charge in [0.05, 0.1) is 0 Å². The molecule has 1 saturated carbocycles. The van der Waals surface area contributed by atoms with Crippen molar-refractivity contribution < 1.29 is 0 Å². The Kier molecular flexibility index (Phi) is 3.44. The normalized spacial score (nSPS) is 15.5. The largest absolute Gasteiger partial charge is 0.356 e. The van der Waals surface area contributed by atoms with Crippen molar-refractivity contribution in [2.75, 3.05) is 11.9 Å². The van der Waals surface area contributed by atoms with E-state index in [1.54, 1.807) is 0 Å². The number of pyridine rings is 1. The molecule has 1 N–H and O–H groups in total. The number of nitrogens with zero attached hydrogens (tertiary/aromatic N) is 2. The van der Waals surface area contributed by atoms with E-state index < -0.39 is 0 Å². The molecule has 1 aromatic rings. The first-order valence-electron chi connectivity index (χ1n) is 6.08. The Labute approximate surface area is 97.9 Å². The van der Waals surface area contributed by atoms with Crippen LogP contribution in [0.25, 0.3) is 0 Å². The Hall–Kier alpha value is -1.09. The fourth-order valence-corrected chi connectivity index (χ4v) is 1.83. The summed E-state index contributed by atoms with van der Waals surface area (Å²) in [5, 5.41) is 3.45. The molecule has 3 nitrogen and oxygen atoms in total. The molecule has 0 unspecified atom stereocenters. The van der Waals surface area contributed by atoms with Crippen molar-refractivity contribution in [3.8, 4) is 0 Å². The lowest BCUT2D eigenvalue weighted by Crippen LogP contribution is -2.26. The minimum atomic E-state index is 0.513. The van der Waals surface area contributed by atoms with Gasteiger partial charge in [-0.1, -0.05) is 19.9 Å². The van der Waals surface area contributed by atoms with Crippen molar-refractivity contribution in [2.45, 2.75) is 45.3 Å². The molecule has 0 atom stereocenters. The number of rotatable bonds is 5. The maximum Gasteiger partial charge on any atom is 0.132 e. The quantitative estimate of drug-likeness (QED) is 0.822. The zero-order valence-electron chi connectivity index (χ0n) is 10.4. The molecule has 0 amide bonds. The van der Waals surface area contributed by atoms with Crippen LogP contribution in [-0.2, 0) is 6.54 Å². The van der Waals surface area contributed by atoms with Gasteiger partial charge in [0, 0.05) is 37.4 Å². The van der Waals surface area contributed by atoms with Gasteiger partial charge in [0.2, 0.25) is 0 Å². The van der Waals surface area contributed by atoms with E-state index in [0.29, 0.717) is 12.1 Å². The molecule has 0 spiro atoms. The molecule has 16 heavy (non-hydrogen) atoms. The average Bonchev–Trinajstić information content (AvgIpc) is 3.09. The van der Waals surface area contributed by atoms with Gasteiger partial charge in [-0.3, -0.25) is 0 Å². The van der Waals surface area contributed by atoms with Gasteiger partial charge in [-0.2, -0.15) is 0 Å². The molecule has 1 aliphatic rings. The first kappa shape index (κ1) is 11.4. The third-order valence-electron chi connectivity index (χ3n) is 3.00. The van der Waals surface area contributed by atoms with Crippen LogP contribution in [0.15, 0.2) is 18.3 Å². The molecule has 0 aliphatic heterocycles. The summed E-state index contributed by atoms with van der Waals surface area (Å²) < 4.78 is 0. The lowest BCUT2D eigenvalue weighted by Gasteiger charge is -2.21. The van der Waals surface area contributed by atoms with Crippen molar-refractivity contribution >= 4 is 5.82 Å². The lowest BCUT2D eigenvalue weighted by atomic mass is 10.2. The summed E-state index contributed by atoms with van der Waals surface area (Å²) in [6.45, 7) is 5.24. The van der Waals surface area contributed by atoms with Gasteiger partial charge >= 0.3 is 0 Å². The van der Waals surface area contributed by atoms with Crippen molar-refractivity contribution in [3.63, 3.8) is 0 Å². The molecule has 1 aliphatic carbocycles. The van der Waals surface area contributed by atoms with Gasteiger partial charge < -0.3 is 10.2 Å². The predicted octanol–water partition coefficient (Wildman–Crippen LogP) is 2.18. The number of hydrogen-bond acceptors (Lipinski definition) is 3. The van der Waals surface area contributed by atoms with E-state index in [4.69, 9.17) is 0 Å². The first-order chi connectivity index (χ1) is 7.68. The molecule has 1 aromatic heterocycles.